The zero-order chi connectivity index (χ0) is 21.0. The first-order valence-corrected chi connectivity index (χ1v) is 9.18. The van der Waals surface area contributed by atoms with Crippen molar-refractivity contribution in [2.75, 3.05) is 37.7 Å². The van der Waals surface area contributed by atoms with Crippen LogP contribution in [-0.4, -0.2) is 49.6 Å². The van der Waals surface area contributed by atoms with E-state index < -0.39 is 17.7 Å². The average molecular weight is 406 g/mol. The summed E-state index contributed by atoms with van der Waals surface area (Å²) in [6, 6.07) is 12.1. The Kier molecular flexibility index (Phi) is 6.10. The van der Waals surface area contributed by atoms with Crippen molar-refractivity contribution >= 4 is 17.6 Å². The average Bonchev–Trinajstić information content (AvgIpc) is 2.71. The maximum Gasteiger partial charge on any atom is 0.416 e. The van der Waals surface area contributed by atoms with Gasteiger partial charge in [0.1, 0.15) is 0 Å². The van der Waals surface area contributed by atoms with Crippen molar-refractivity contribution in [3.8, 4) is 0 Å². The third-order valence-electron chi connectivity index (χ3n) is 4.86. The van der Waals surface area contributed by atoms with Gasteiger partial charge in [-0.1, -0.05) is 24.3 Å². The number of carbonyl (C=O) groups excluding carboxylic acids is 2. The summed E-state index contributed by atoms with van der Waals surface area (Å²) >= 11 is 0. The fourth-order valence-electron chi connectivity index (χ4n) is 3.19. The topological polar surface area (TPSA) is 49.9 Å². The lowest BCUT2D eigenvalue weighted by Crippen LogP contribution is -2.50. The quantitative estimate of drug-likeness (QED) is 0.729. The van der Waals surface area contributed by atoms with Crippen molar-refractivity contribution in [2.45, 2.75) is 13.1 Å². The maximum atomic E-state index is 12.9. The Morgan fingerprint density at radius 1 is 1.00 bits per heavy atom. The van der Waals surface area contributed by atoms with Crippen molar-refractivity contribution in [3.05, 3.63) is 65.2 Å². The number of anilines is 1. The third-order valence-corrected chi connectivity index (χ3v) is 4.86. The van der Waals surface area contributed by atoms with Crippen molar-refractivity contribution in [1.29, 1.82) is 0 Å². The highest BCUT2D eigenvalue weighted by molar-refractivity contribution is 5.92. The number of piperazine rings is 1. The van der Waals surface area contributed by atoms with Gasteiger partial charge in [0.2, 0.25) is 0 Å². The Labute approximate surface area is 166 Å². The summed E-state index contributed by atoms with van der Waals surface area (Å²) in [5.74, 6) is -0.880. The van der Waals surface area contributed by atoms with Gasteiger partial charge in [-0.25, -0.2) is 4.79 Å². The van der Waals surface area contributed by atoms with Crippen LogP contribution in [0.5, 0.6) is 0 Å². The van der Waals surface area contributed by atoms with E-state index in [0.29, 0.717) is 37.4 Å². The molecule has 0 atom stereocenters. The molecule has 1 fully saturated rings. The minimum absolute atomic E-state index is 0.323. The van der Waals surface area contributed by atoms with Crippen molar-refractivity contribution in [1.82, 2.24) is 4.90 Å². The number of halogens is 3. The van der Waals surface area contributed by atoms with E-state index in [4.69, 9.17) is 4.74 Å². The maximum absolute atomic E-state index is 12.9. The summed E-state index contributed by atoms with van der Waals surface area (Å²) in [5.41, 5.74) is 0.948. The Hall–Kier alpha value is -3.03. The first-order chi connectivity index (χ1) is 13.8. The van der Waals surface area contributed by atoms with Crippen LogP contribution < -0.4 is 4.90 Å². The number of alkyl halides is 3. The van der Waals surface area contributed by atoms with Gasteiger partial charge in [0.25, 0.3) is 5.91 Å². The highest BCUT2D eigenvalue weighted by atomic mass is 19.4. The smallest absolute Gasteiger partial charge is 0.416 e. The number of amides is 1. The lowest BCUT2D eigenvalue weighted by Gasteiger charge is -2.36. The highest BCUT2D eigenvalue weighted by Crippen LogP contribution is 2.31. The molecule has 1 amide bonds. The molecule has 0 saturated carbocycles. The van der Waals surface area contributed by atoms with E-state index in [-0.39, 0.29) is 12.5 Å². The summed E-state index contributed by atoms with van der Waals surface area (Å²) < 4.78 is 43.8. The standard InChI is InChI=1S/C21H21F3N2O3/c1-15-5-2-3-8-18(15)20(28)29-14-19(27)26-11-9-25(10-12-26)17-7-4-6-16(13-17)21(22,23)24/h2-8,13H,9-12,14H2,1H3. The molecule has 0 unspecified atom stereocenters. The molecule has 1 saturated heterocycles. The first kappa shape index (κ1) is 20.7. The number of esters is 1. The van der Waals surface area contributed by atoms with E-state index in [2.05, 4.69) is 0 Å². The van der Waals surface area contributed by atoms with Crippen molar-refractivity contribution in [2.24, 2.45) is 0 Å². The van der Waals surface area contributed by atoms with Crippen LogP contribution in [0, 0.1) is 6.92 Å². The number of ether oxygens (including phenoxy) is 1. The molecule has 29 heavy (non-hydrogen) atoms. The van der Waals surface area contributed by atoms with Crippen LogP contribution >= 0.6 is 0 Å². The predicted molar refractivity (Wildman–Crippen MR) is 102 cm³/mol. The SMILES string of the molecule is Cc1ccccc1C(=O)OCC(=O)N1CCN(c2cccc(C(F)(F)F)c2)CC1. The highest BCUT2D eigenvalue weighted by Gasteiger charge is 2.31. The van der Waals surface area contributed by atoms with E-state index >= 15 is 0 Å². The molecular weight excluding hydrogens is 385 g/mol. The van der Waals surface area contributed by atoms with Gasteiger partial charge in [-0.2, -0.15) is 13.2 Å². The molecule has 2 aromatic rings. The van der Waals surface area contributed by atoms with Crippen LogP contribution in [0.25, 0.3) is 0 Å². The molecule has 5 nitrogen and oxygen atoms in total. The van der Waals surface area contributed by atoms with Crippen LogP contribution in [0.3, 0.4) is 0 Å². The van der Waals surface area contributed by atoms with Gasteiger partial charge in [0.05, 0.1) is 11.1 Å². The molecule has 1 aliphatic heterocycles. The van der Waals surface area contributed by atoms with Crippen LogP contribution in [-0.2, 0) is 15.7 Å². The molecule has 2 aromatic carbocycles. The van der Waals surface area contributed by atoms with Gasteiger partial charge in [-0.05, 0) is 36.8 Å². The molecule has 0 aliphatic carbocycles. The van der Waals surface area contributed by atoms with Gasteiger partial charge < -0.3 is 14.5 Å². The Morgan fingerprint density at radius 2 is 1.69 bits per heavy atom. The zero-order valence-corrected chi connectivity index (χ0v) is 15.9. The third kappa shape index (κ3) is 5.07. The number of aryl methyl sites for hydroxylation is 1. The van der Waals surface area contributed by atoms with E-state index in [9.17, 15) is 22.8 Å². The summed E-state index contributed by atoms with van der Waals surface area (Å²) in [7, 11) is 0. The molecule has 1 aliphatic rings. The minimum atomic E-state index is -4.39. The first-order valence-electron chi connectivity index (χ1n) is 9.18. The fourth-order valence-corrected chi connectivity index (χ4v) is 3.19. The number of benzene rings is 2. The van der Waals surface area contributed by atoms with Crippen molar-refractivity contribution in [3.63, 3.8) is 0 Å². The second-order valence-electron chi connectivity index (χ2n) is 6.81. The molecule has 0 aromatic heterocycles. The molecule has 0 spiro atoms. The Balaban J connectivity index is 1.52. The van der Waals surface area contributed by atoms with Gasteiger partial charge in [0, 0.05) is 31.9 Å². The molecule has 0 N–H and O–H groups in total. The van der Waals surface area contributed by atoms with Gasteiger partial charge in [0.15, 0.2) is 6.61 Å². The second kappa shape index (κ2) is 8.55. The number of nitrogens with zero attached hydrogens (tertiary/aromatic N) is 2. The minimum Gasteiger partial charge on any atom is -0.452 e. The molecular formula is C21H21F3N2O3. The van der Waals surface area contributed by atoms with E-state index in [1.54, 1.807) is 47.1 Å². The summed E-state index contributed by atoms with van der Waals surface area (Å²) in [6.45, 7) is 2.91. The van der Waals surface area contributed by atoms with Crippen LogP contribution in [0.1, 0.15) is 21.5 Å². The lowest BCUT2D eigenvalue weighted by molar-refractivity contribution is -0.137. The molecule has 3 rings (SSSR count). The van der Waals surface area contributed by atoms with Gasteiger partial charge in [-0.3, -0.25) is 4.79 Å². The largest absolute Gasteiger partial charge is 0.452 e. The van der Waals surface area contributed by atoms with Crippen LogP contribution in [0.4, 0.5) is 18.9 Å². The van der Waals surface area contributed by atoms with E-state index in [1.165, 1.54) is 6.07 Å². The van der Waals surface area contributed by atoms with E-state index in [1.807, 2.05) is 0 Å². The number of hydrogen-bond acceptors (Lipinski definition) is 4. The zero-order valence-electron chi connectivity index (χ0n) is 15.9. The number of hydrogen-bond donors (Lipinski definition) is 0. The van der Waals surface area contributed by atoms with Crippen molar-refractivity contribution < 1.29 is 27.5 Å². The lowest BCUT2D eigenvalue weighted by atomic mass is 10.1. The van der Waals surface area contributed by atoms with E-state index in [0.717, 1.165) is 17.7 Å². The molecule has 154 valence electrons. The predicted octanol–water partition coefficient (Wildman–Crippen LogP) is 3.52. The van der Waals surface area contributed by atoms with Gasteiger partial charge in [-0.15, -0.1) is 0 Å². The molecule has 8 heteroatoms. The number of carbonyl (C=O) groups is 2. The fraction of sp³-hybridized carbons (Fsp3) is 0.333. The Bertz CT molecular complexity index is 891. The summed E-state index contributed by atoms with van der Waals surface area (Å²) in [4.78, 5) is 27.8. The van der Waals surface area contributed by atoms with Crippen LogP contribution in [0.15, 0.2) is 48.5 Å². The summed E-state index contributed by atoms with van der Waals surface area (Å²) in [6.07, 6.45) is -4.39. The molecule has 1 heterocycles. The number of rotatable bonds is 4. The molecule has 0 bridgehead atoms. The van der Waals surface area contributed by atoms with Crippen LogP contribution in [0.2, 0.25) is 0 Å². The summed E-state index contributed by atoms with van der Waals surface area (Å²) in [5, 5.41) is 0. The monoisotopic (exact) mass is 406 g/mol. The second-order valence-corrected chi connectivity index (χ2v) is 6.81. The normalized spacial score (nSPS) is 14.6. The Morgan fingerprint density at radius 3 is 2.34 bits per heavy atom. The molecule has 0 radical (unpaired) electrons. The van der Waals surface area contributed by atoms with Gasteiger partial charge >= 0.3 is 12.1 Å².